The minimum atomic E-state index is 0. The lowest BCUT2D eigenvalue weighted by Crippen LogP contribution is -2.46. The Balaban J connectivity index is 0.00000225. The van der Waals surface area contributed by atoms with Crippen LogP contribution in [-0.2, 0) is 0 Å². The minimum absolute atomic E-state index is 0. The van der Waals surface area contributed by atoms with Crippen LogP contribution in [0.2, 0.25) is 0 Å². The maximum Gasteiger partial charge on any atom is 0.191 e. The molecule has 1 rings (SSSR count). The number of hydrogen-bond donors (Lipinski definition) is 2. The van der Waals surface area contributed by atoms with Crippen LogP contribution in [0.4, 0.5) is 0 Å². The van der Waals surface area contributed by atoms with E-state index in [1.54, 1.807) is 0 Å². The average Bonchev–Trinajstić information content (AvgIpc) is 2.33. The second-order valence-corrected chi connectivity index (χ2v) is 5.23. The Labute approximate surface area is 121 Å². The van der Waals surface area contributed by atoms with Crippen LogP contribution in [0.15, 0.2) is 4.99 Å². The lowest BCUT2D eigenvalue weighted by atomic mass is 10.0. The molecule has 1 aliphatic rings. The monoisotopic (exact) mass is 357 g/mol. The molecule has 0 aromatic carbocycles. The Hall–Kier alpha value is 0.350. The van der Waals surface area contributed by atoms with Gasteiger partial charge in [-0.25, -0.2) is 0 Å². The smallest absolute Gasteiger partial charge is 0.191 e. The Morgan fingerprint density at radius 1 is 1.44 bits per heavy atom. The molecule has 0 aromatic heterocycles. The van der Waals surface area contributed by atoms with E-state index in [1.807, 2.05) is 11.8 Å². The molecule has 0 atom stereocenters. The molecule has 0 saturated heterocycles. The number of guanidine groups is 1. The second-order valence-electron chi connectivity index (χ2n) is 3.96. The maximum atomic E-state index is 4.42. The molecule has 0 aliphatic carbocycles. The normalized spacial score (nSPS) is 15.8. The van der Waals surface area contributed by atoms with Crippen LogP contribution in [0.3, 0.4) is 0 Å². The highest BCUT2D eigenvalue weighted by molar-refractivity contribution is 14.0. The standard InChI is InChI=1S/C11H23N3S.HI/c1-4-11(5-2,15-3)9-14-10-12-7-6-8-13-10;/h4-9H2,1-3H3,(H2,12,13,14);1H. The van der Waals surface area contributed by atoms with E-state index in [0.29, 0.717) is 4.75 Å². The van der Waals surface area contributed by atoms with Crippen molar-refractivity contribution in [2.75, 3.05) is 25.9 Å². The van der Waals surface area contributed by atoms with E-state index in [-0.39, 0.29) is 24.0 Å². The van der Waals surface area contributed by atoms with Crippen LogP contribution in [0.25, 0.3) is 0 Å². The van der Waals surface area contributed by atoms with Gasteiger partial charge in [0.1, 0.15) is 0 Å². The summed E-state index contributed by atoms with van der Waals surface area (Å²) < 4.78 is 0.363. The number of halogens is 1. The third-order valence-corrected chi connectivity index (χ3v) is 4.78. The molecule has 0 radical (unpaired) electrons. The summed E-state index contributed by atoms with van der Waals surface area (Å²) in [6, 6.07) is 0. The van der Waals surface area contributed by atoms with Gasteiger partial charge in [-0.15, -0.1) is 24.0 Å². The fraction of sp³-hybridized carbons (Fsp3) is 0.909. The van der Waals surface area contributed by atoms with Gasteiger partial charge in [-0.05, 0) is 25.5 Å². The Kier molecular flexibility index (Phi) is 8.63. The first-order valence-electron chi connectivity index (χ1n) is 5.83. The van der Waals surface area contributed by atoms with Gasteiger partial charge < -0.3 is 10.6 Å². The summed E-state index contributed by atoms with van der Waals surface area (Å²) in [6.45, 7) is 7.54. The highest BCUT2D eigenvalue weighted by Gasteiger charge is 2.25. The molecule has 0 fully saturated rings. The SMILES string of the molecule is CCC(CC)(CNC1=NCCCN1)SC.I. The third kappa shape index (κ3) is 4.69. The largest absolute Gasteiger partial charge is 0.356 e. The summed E-state index contributed by atoms with van der Waals surface area (Å²) >= 11 is 1.96. The molecule has 3 nitrogen and oxygen atoms in total. The molecular weight excluding hydrogens is 333 g/mol. The summed E-state index contributed by atoms with van der Waals surface area (Å²) in [5.74, 6) is 0.988. The second kappa shape index (κ2) is 8.44. The van der Waals surface area contributed by atoms with Crippen molar-refractivity contribution in [1.82, 2.24) is 10.6 Å². The van der Waals surface area contributed by atoms with E-state index in [4.69, 9.17) is 0 Å². The van der Waals surface area contributed by atoms with Gasteiger partial charge in [0.15, 0.2) is 5.96 Å². The number of nitrogens with one attached hydrogen (secondary N) is 2. The highest BCUT2D eigenvalue weighted by Crippen LogP contribution is 2.29. The Bertz CT molecular complexity index is 209. The van der Waals surface area contributed by atoms with Gasteiger partial charge in [-0.3, -0.25) is 4.99 Å². The first-order valence-corrected chi connectivity index (χ1v) is 7.06. The summed E-state index contributed by atoms with van der Waals surface area (Å²) in [6.07, 6.45) is 5.75. The van der Waals surface area contributed by atoms with E-state index in [1.165, 1.54) is 12.8 Å². The van der Waals surface area contributed by atoms with Crippen molar-refractivity contribution in [3.63, 3.8) is 0 Å². The first-order chi connectivity index (χ1) is 7.26. The average molecular weight is 357 g/mol. The van der Waals surface area contributed by atoms with E-state index in [9.17, 15) is 0 Å². The molecule has 0 amide bonds. The zero-order valence-corrected chi connectivity index (χ0v) is 13.7. The van der Waals surface area contributed by atoms with Crippen molar-refractivity contribution < 1.29 is 0 Å². The lowest BCUT2D eigenvalue weighted by Gasteiger charge is -2.31. The Morgan fingerprint density at radius 2 is 2.12 bits per heavy atom. The van der Waals surface area contributed by atoms with Crippen molar-refractivity contribution in [2.24, 2.45) is 4.99 Å². The molecule has 5 heteroatoms. The fourth-order valence-corrected chi connectivity index (χ4v) is 2.55. The zero-order chi connectivity index (χ0) is 11.1. The molecule has 16 heavy (non-hydrogen) atoms. The van der Waals surface area contributed by atoms with Gasteiger partial charge in [0.05, 0.1) is 0 Å². The summed E-state index contributed by atoms with van der Waals surface area (Å²) in [4.78, 5) is 4.42. The summed E-state index contributed by atoms with van der Waals surface area (Å²) in [7, 11) is 0. The van der Waals surface area contributed by atoms with Crippen molar-refractivity contribution >= 4 is 41.7 Å². The minimum Gasteiger partial charge on any atom is -0.356 e. The van der Waals surface area contributed by atoms with Crippen LogP contribution in [0, 0.1) is 0 Å². The molecular formula is C11H24IN3S. The predicted octanol–water partition coefficient (Wildman–Crippen LogP) is 2.47. The highest BCUT2D eigenvalue weighted by atomic mass is 127. The first kappa shape index (κ1) is 16.4. The molecule has 2 N–H and O–H groups in total. The number of rotatable bonds is 5. The fourth-order valence-electron chi connectivity index (χ4n) is 1.76. The Morgan fingerprint density at radius 3 is 2.56 bits per heavy atom. The molecule has 0 aromatic rings. The van der Waals surface area contributed by atoms with Crippen molar-refractivity contribution in [1.29, 1.82) is 0 Å². The number of thioether (sulfide) groups is 1. The van der Waals surface area contributed by atoms with Gasteiger partial charge in [0.2, 0.25) is 0 Å². The molecule has 96 valence electrons. The van der Waals surface area contributed by atoms with Crippen molar-refractivity contribution in [3.8, 4) is 0 Å². The van der Waals surface area contributed by atoms with Gasteiger partial charge in [0, 0.05) is 24.4 Å². The van der Waals surface area contributed by atoms with Gasteiger partial charge >= 0.3 is 0 Å². The topological polar surface area (TPSA) is 36.4 Å². The van der Waals surface area contributed by atoms with Crippen LogP contribution in [-0.4, -0.2) is 36.6 Å². The summed E-state index contributed by atoms with van der Waals surface area (Å²) in [5.41, 5.74) is 0. The molecule has 0 saturated carbocycles. The molecule has 0 spiro atoms. The number of hydrogen-bond acceptors (Lipinski definition) is 4. The maximum absolute atomic E-state index is 4.42. The van der Waals surface area contributed by atoms with Crippen molar-refractivity contribution in [3.05, 3.63) is 0 Å². The van der Waals surface area contributed by atoms with E-state index in [0.717, 1.165) is 32.0 Å². The predicted molar refractivity (Wildman–Crippen MR) is 85.2 cm³/mol. The number of aliphatic imine (C=N–C) groups is 1. The van der Waals surface area contributed by atoms with Gasteiger partial charge in [-0.1, -0.05) is 13.8 Å². The van der Waals surface area contributed by atoms with E-state index in [2.05, 4.69) is 35.7 Å². The molecule has 0 unspecified atom stereocenters. The van der Waals surface area contributed by atoms with Crippen LogP contribution in [0.1, 0.15) is 33.1 Å². The molecule has 1 aliphatic heterocycles. The van der Waals surface area contributed by atoms with Crippen LogP contribution >= 0.6 is 35.7 Å². The van der Waals surface area contributed by atoms with Gasteiger partial charge in [0.25, 0.3) is 0 Å². The molecule has 0 bridgehead atoms. The lowest BCUT2D eigenvalue weighted by molar-refractivity contribution is 0.529. The number of nitrogens with zero attached hydrogens (tertiary/aromatic N) is 1. The molecule has 1 heterocycles. The third-order valence-electron chi connectivity index (χ3n) is 3.20. The summed E-state index contributed by atoms with van der Waals surface area (Å²) in [5, 5.41) is 6.73. The van der Waals surface area contributed by atoms with Crippen LogP contribution < -0.4 is 10.6 Å². The van der Waals surface area contributed by atoms with E-state index < -0.39 is 0 Å². The van der Waals surface area contributed by atoms with Crippen LogP contribution in [0.5, 0.6) is 0 Å². The van der Waals surface area contributed by atoms with Gasteiger partial charge in [-0.2, -0.15) is 11.8 Å². The van der Waals surface area contributed by atoms with Crippen molar-refractivity contribution in [2.45, 2.75) is 37.9 Å². The van der Waals surface area contributed by atoms with E-state index >= 15 is 0 Å². The zero-order valence-electron chi connectivity index (χ0n) is 10.5. The quantitative estimate of drug-likeness (QED) is 0.743.